The van der Waals surface area contributed by atoms with Crippen molar-refractivity contribution in [2.45, 2.75) is 58.0 Å². The normalized spacial score (nSPS) is 19.4. The van der Waals surface area contributed by atoms with E-state index in [1.54, 1.807) is 4.90 Å². The van der Waals surface area contributed by atoms with Gasteiger partial charge in [-0.25, -0.2) is 4.79 Å². The molecule has 1 N–H and O–H groups in total. The van der Waals surface area contributed by atoms with Crippen LogP contribution in [0.25, 0.3) is 0 Å². The SMILES string of the molecule is CC(=O)N1CCc2c(c(C(=O)O)nn2C2CCCCC2)C1. The lowest BCUT2D eigenvalue weighted by Crippen LogP contribution is -2.35. The highest BCUT2D eigenvalue weighted by atomic mass is 16.4. The van der Waals surface area contributed by atoms with Crippen molar-refractivity contribution in [3.8, 4) is 0 Å². The van der Waals surface area contributed by atoms with Crippen LogP contribution in [0, 0.1) is 0 Å². The third kappa shape index (κ3) is 2.54. The van der Waals surface area contributed by atoms with E-state index in [0.717, 1.165) is 24.1 Å². The van der Waals surface area contributed by atoms with Crippen LogP contribution in [0.15, 0.2) is 0 Å². The maximum absolute atomic E-state index is 11.5. The largest absolute Gasteiger partial charge is 0.476 e. The van der Waals surface area contributed by atoms with Crippen molar-refractivity contribution in [3.63, 3.8) is 0 Å². The van der Waals surface area contributed by atoms with E-state index >= 15 is 0 Å². The molecule has 114 valence electrons. The molecule has 1 aromatic rings. The molecule has 1 amide bonds. The number of fused-ring (bicyclic) bond motifs is 1. The van der Waals surface area contributed by atoms with Crippen LogP contribution in [0.4, 0.5) is 0 Å². The number of carbonyl (C=O) groups excluding carboxylic acids is 1. The van der Waals surface area contributed by atoms with Gasteiger partial charge in [0.1, 0.15) is 0 Å². The zero-order chi connectivity index (χ0) is 15.0. The highest BCUT2D eigenvalue weighted by molar-refractivity contribution is 5.87. The third-order valence-corrected chi connectivity index (χ3v) is 4.65. The van der Waals surface area contributed by atoms with Gasteiger partial charge in [-0.05, 0) is 12.8 Å². The molecule has 0 bridgehead atoms. The van der Waals surface area contributed by atoms with Gasteiger partial charge in [0.15, 0.2) is 5.69 Å². The van der Waals surface area contributed by atoms with Crippen molar-refractivity contribution in [3.05, 3.63) is 17.0 Å². The highest BCUT2D eigenvalue weighted by Gasteiger charge is 2.31. The lowest BCUT2D eigenvalue weighted by Gasteiger charge is -2.29. The molecule has 1 aliphatic carbocycles. The minimum atomic E-state index is -0.994. The van der Waals surface area contributed by atoms with Crippen LogP contribution in [-0.4, -0.2) is 38.2 Å². The van der Waals surface area contributed by atoms with Crippen LogP contribution in [0.2, 0.25) is 0 Å². The lowest BCUT2D eigenvalue weighted by molar-refractivity contribution is -0.129. The Morgan fingerprint density at radius 3 is 2.57 bits per heavy atom. The smallest absolute Gasteiger partial charge is 0.356 e. The summed E-state index contributed by atoms with van der Waals surface area (Å²) >= 11 is 0. The summed E-state index contributed by atoms with van der Waals surface area (Å²) in [6.45, 7) is 2.55. The van der Waals surface area contributed by atoms with Crippen molar-refractivity contribution < 1.29 is 14.7 Å². The van der Waals surface area contributed by atoms with Gasteiger partial charge in [0.25, 0.3) is 0 Å². The molecule has 0 saturated heterocycles. The van der Waals surface area contributed by atoms with Gasteiger partial charge in [-0.15, -0.1) is 0 Å². The molecule has 6 nitrogen and oxygen atoms in total. The molecular weight excluding hydrogens is 270 g/mol. The van der Waals surface area contributed by atoms with Gasteiger partial charge in [0.05, 0.1) is 6.04 Å². The molecule has 0 atom stereocenters. The number of nitrogens with zero attached hydrogens (tertiary/aromatic N) is 3. The second kappa shape index (κ2) is 5.50. The molecule has 6 heteroatoms. The number of aromatic carboxylic acids is 1. The Labute approximate surface area is 123 Å². The number of carbonyl (C=O) groups is 2. The van der Waals surface area contributed by atoms with Crippen molar-refractivity contribution >= 4 is 11.9 Å². The summed E-state index contributed by atoms with van der Waals surface area (Å²) in [4.78, 5) is 24.7. The van der Waals surface area contributed by atoms with Gasteiger partial charge in [-0.3, -0.25) is 9.48 Å². The summed E-state index contributed by atoms with van der Waals surface area (Å²) < 4.78 is 1.95. The number of hydrogen-bond donors (Lipinski definition) is 1. The van der Waals surface area contributed by atoms with Gasteiger partial charge in [-0.2, -0.15) is 5.10 Å². The molecule has 3 rings (SSSR count). The van der Waals surface area contributed by atoms with Crippen molar-refractivity contribution in [1.29, 1.82) is 0 Å². The van der Waals surface area contributed by atoms with Gasteiger partial charge >= 0.3 is 5.97 Å². The van der Waals surface area contributed by atoms with Crippen LogP contribution < -0.4 is 0 Å². The van der Waals surface area contributed by atoms with Crippen LogP contribution in [0.1, 0.15) is 66.8 Å². The highest BCUT2D eigenvalue weighted by Crippen LogP contribution is 2.32. The molecule has 0 aromatic carbocycles. The fourth-order valence-electron chi connectivity index (χ4n) is 3.51. The fraction of sp³-hybridized carbons (Fsp3) is 0.667. The fourth-order valence-corrected chi connectivity index (χ4v) is 3.51. The molecule has 0 radical (unpaired) electrons. The van der Waals surface area contributed by atoms with E-state index < -0.39 is 5.97 Å². The van der Waals surface area contributed by atoms with Crippen molar-refractivity contribution in [1.82, 2.24) is 14.7 Å². The third-order valence-electron chi connectivity index (χ3n) is 4.65. The number of hydrogen-bond acceptors (Lipinski definition) is 3. The first-order valence-electron chi connectivity index (χ1n) is 7.67. The Morgan fingerprint density at radius 1 is 1.24 bits per heavy atom. The van der Waals surface area contributed by atoms with E-state index in [0.29, 0.717) is 25.6 Å². The predicted molar refractivity (Wildman–Crippen MR) is 76.1 cm³/mol. The summed E-state index contributed by atoms with van der Waals surface area (Å²) in [7, 11) is 0. The number of rotatable bonds is 2. The Bertz CT molecular complexity index is 573. The number of aromatic nitrogens is 2. The zero-order valence-corrected chi connectivity index (χ0v) is 12.3. The lowest BCUT2D eigenvalue weighted by atomic mass is 9.95. The van der Waals surface area contributed by atoms with Crippen molar-refractivity contribution in [2.24, 2.45) is 0 Å². The summed E-state index contributed by atoms with van der Waals surface area (Å²) in [6, 6.07) is 0.324. The quantitative estimate of drug-likeness (QED) is 0.904. The van der Waals surface area contributed by atoms with Crippen LogP contribution in [-0.2, 0) is 17.8 Å². The average Bonchev–Trinajstić information content (AvgIpc) is 2.87. The molecule has 1 aromatic heterocycles. The van der Waals surface area contributed by atoms with Gasteiger partial charge < -0.3 is 10.0 Å². The maximum atomic E-state index is 11.5. The van der Waals surface area contributed by atoms with E-state index in [1.807, 2.05) is 4.68 Å². The second-order valence-electron chi connectivity index (χ2n) is 6.01. The Morgan fingerprint density at radius 2 is 1.95 bits per heavy atom. The summed E-state index contributed by atoms with van der Waals surface area (Å²) in [5.41, 5.74) is 1.88. The summed E-state index contributed by atoms with van der Waals surface area (Å²) in [5.74, 6) is -1.01. The van der Waals surface area contributed by atoms with E-state index in [9.17, 15) is 14.7 Å². The van der Waals surface area contributed by atoms with Crippen molar-refractivity contribution in [2.75, 3.05) is 6.54 Å². The molecule has 1 aliphatic heterocycles. The molecule has 2 aliphatic rings. The first-order valence-corrected chi connectivity index (χ1v) is 7.67. The van der Waals surface area contributed by atoms with Gasteiger partial charge in [-0.1, -0.05) is 19.3 Å². The number of carboxylic acids is 1. The molecule has 0 spiro atoms. The molecule has 0 unspecified atom stereocenters. The van der Waals surface area contributed by atoms with E-state index in [1.165, 1.54) is 26.2 Å². The zero-order valence-electron chi connectivity index (χ0n) is 12.3. The molecule has 1 fully saturated rings. The summed E-state index contributed by atoms with van der Waals surface area (Å²) in [5, 5.41) is 13.8. The standard InChI is InChI=1S/C15H21N3O3/c1-10(19)17-8-7-13-12(9-17)14(15(20)21)16-18(13)11-5-3-2-4-6-11/h11H,2-9H2,1H3,(H,20,21). The van der Waals surface area contributed by atoms with Crippen LogP contribution >= 0.6 is 0 Å². The second-order valence-corrected chi connectivity index (χ2v) is 6.01. The van der Waals surface area contributed by atoms with E-state index in [-0.39, 0.29) is 11.6 Å². The minimum Gasteiger partial charge on any atom is -0.476 e. The molecule has 21 heavy (non-hydrogen) atoms. The topological polar surface area (TPSA) is 75.4 Å². The first-order chi connectivity index (χ1) is 10.1. The maximum Gasteiger partial charge on any atom is 0.356 e. The monoisotopic (exact) mass is 291 g/mol. The minimum absolute atomic E-state index is 0.0117. The van der Waals surface area contributed by atoms with E-state index in [2.05, 4.69) is 5.10 Å². The molecular formula is C15H21N3O3. The van der Waals surface area contributed by atoms with E-state index in [4.69, 9.17) is 0 Å². The molecule has 2 heterocycles. The Balaban J connectivity index is 1.98. The molecule has 1 saturated carbocycles. The Kier molecular flexibility index (Phi) is 3.69. The van der Waals surface area contributed by atoms with Crippen LogP contribution in [0.3, 0.4) is 0 Å². The van der Waals surface area contributed by atoms with Gasteiger partial charge in [0, 0.05) is 37.7 Å². The Hall–Kier alpha value is -1.85. The first kappa shape index (κ1) is 14.1. The summed E-state index contributed by atoms with van der Waals surface area (Å²) in [6.07, 6.45) is 6.46. The predicted octanol–water partition coefficient (Wildman–Crippen LogP) is 1.99. The number of amides is 1. The van der Waals surface area contributed by atoms with Crippen LogP contribution in [0.5, 0.6) is 0 Å². The average molecular weight is 291 g/mol. The number of carboxylic acid groups (broad SMARTS) is 1. The van der Waals surface area contributed by atoms with Gasteiger partial charge in [0.2, 0.25) is 5.91 Å².